The van der Waals surface area contributed by atoms with Gasteiger partial charge in [-0.05, 0) is 19.0 Å². The first kappa shape index (κ1) is 14.3. The van der Waals surface area contributed by atoms with Crippen LogP contribution in [0.15, 0.2) is 0 Å². The molecule has 0 aliphatic heterocycles. The van der Waals surface area contributed by atoms with E-state index in [1.54, 1.807) is 0 Å². The van der Waals surface area contributed by atoms with Crippen LogP contribution >= 0.6 is 11.8 Å². The quantitative estimate of drug-likeness (QED) is 0.632. The van der Waals surface area contributed by atoms with Crippen LogP contribution in [-0.4, -0.2) is 42.1 Å². The molecular weight excluding hydrogens is 192 g/mol. The summed E-state index contributed by atoms with van der Waals surface area (Å²) in [7, 11) is 0. The van der Waals surface area contributed by atoms with Crippen LogP contribution in [0.2, 0.25) is 0 Å². The fourth-order valence-electron chi connectivity index (χ4n) is 1.15. The minimum absolute atomic E-state index is 0.358. The Hall–Kier alpha value is 0.270. The molecule has 2 nitrogen and oxygen atoms in total. The molecule has 14 heavy (non-hydrogen) atoms. The Morgan fingerprint density at radius 2 is 1.79 bits per heavy atom. The standard InChI is InChI=1S/C11H26N2S/c1-5-13(6-2)7-8-14-9-11(12)10(3)4/h10-11H,5-9,12H2,1-4H3. The third-order valence-electron chi connectivity index (χ3n) is 2.61. The maximum Gasteiger partial charge on any atom is 0.0153 e. The van der Waals surface area contributed by atoms with Crippen LogP contribution in [0, 0.1) is 5.92 Å². The van der Waals surface area contributed by atoms with Crippen LogP contribution < -0.4 is 5.73 Å². The highest BCUT2D eigenvalue weighted by Crippen LogP contribution is 2.08. The minimum Gasteiger partial charge on any atom is -0.327 e. The maximum absolute atomic E-state index is 5.96. The number of nitrogens with zero attached hydrogens (tertiary/aromatic N) is 1. The van der Waals surface area contributed by atoms with E-state index in [4.69, 9.17) is 5.73 Å². The Labute approximate surface area is 93.6 Å². The zero-order chi connectivity index (χ0) is 11.0. The fourth-order valence-corrected chi connectivity index (χ4v) is 2.36. The van der Waals surface area contributed by atoms with Gasteiger partial charge in [-0.1, -0.05) is 27.7 Å². The van der Waals surface area contributed by atoms with Crippen LogP contribution in [-0.2, 0) is 0 Å². The first-order chi connectivity index (χ1) is 6.61. The lowest BCUT2D eigenvalue weighted by atomic mass is 10.1. The van der Waals surface area contributed by atoms with Gasteiger partial charge in [-0.3, -0.25) is 0 Å². The van der Waals surface area contributed by atoms with Gasteiger partial charge in [0.15, 0.2) is 0 Å². The highest BCUT2D eigenvalue weighted by Gasteiger charge is 2.07. The zero-order valence-electron chi connectivity index (χ0n) is 10.1. The summed E-state index contributed by atoms with van der Waals surface area (Å²) in [5.41, 5.74) is 5.96. The molecule has 2 N–H and O–H groups in total. The largest absolute Gasteiger partial charge is 0.327 e. The third-order valence-corrected chi connectivity index (χ3v) is 3.70. The molecule has 0 aromatic heterocycles. The van der Waals surface area contributed by atoms with Crippen molar-refractivity contribution in [3.63, 3.8) is 0 Å². The molecule has 86 valence electrons. The predicted molar refractivity (Wildman–Crippen MR) is 67.9 cm³/mol. The number of hydrogen-bond acceptors (Lipinski definition) is 3. The Morgan fingerprint density at radius 3 is 2.21 bits per heavy atom. The van der Waals surface area contributed by atoms with Gasteiger partial charge in [-0.15, -0.1) is 0 Å². The van der Waals surface area contributed by atoms with E-state index in [-0.39, 0.29) is 0 Å². The van der Waals surface area contributed by atoms with Crippen molar-refractivity contribution < 1.29 is 0 Å². The first-order valence-electron chi connectivity index (χ1n) is 5.67. The SMILES string of the molecule is CCN(CC)CCSCC(N)C(C)C. The van der Waals surface area contributed by atoms with Crippen molar-refractivity contribution in [2.45, 2.75) is 33.7 Å². The minimum atomic E-state index is 0.358. The molecule has 0 saturated heterocycles. The summed E-state index contributed by atoms with van der Waals surface area (Å²) in [6, 6.07) is 0.358. The Balaban J connectivity index is 3.36. The summed E-state index contributed by atoms with van der Waals surface area (Å²) in [5, 5.41) is 0. The summed E-state index contributed by atoms with van der Waals surface area (Å²) in [4.78, 5) is 2.45. The molecule has 0 aromatic carbocycles. The molecule has 0 saturated carbocycles. The van der Waals surface area contributed by atoms with Gasteiger partial charge in [0.1, 0.15) is 0 Å². The third kappa shape index (κ3) is 6.68. The average Bonchev–Trinajstić information content (AvgIpc) is 2.17. The van der Waals surface area contributed by atoms with Crippen LogP contribution in [0.3, 0.4) is 0 Å². The zero-order valence-corrected chi connectivity index (χ0v) is 10.9. The molecule has 0 amide bonds. The van der Waals surface area contributed by atoms with E-state index < -0.39 is 0 Å². The van der Waals surface area contributed by atoms with Crippen LogP contribution in [0.1, 0.15) is 27.7 Å². The van der Waals surface area contributed by atoms with Crippen molar-refractivity contribution in [3.8, 4) is 0 Å². The van der Waals surface area contributed by atoms with Gasteiger partial charge in [0.25, 0.3) is 0 Å². The van der Waals surface area contributed by atoms with Gasteiger partial charge < -0.3 is 10.6 Å². The highest BCUT2D eigenvalue weighted by molar-refractivity contribution is 7.99. The summed E-state index contributed by atoms with van der Waals surface area (Å²) in [6.45, 7) is 12.3. The van der Waals surface area contributed by atoms with E-state index in [1.165, 1.54) is 12.3 Å². The normalized spacial score (nSPS) is 13.9. The van der Waals surface area contributed by atoms with Crippen molar-refractivity contribution in [2.75, 3.05) is 31.1 Å². The van der Waals surface area contributed by atoms with Crippen LogP contribution in [0.25, 0.3) is 0 Å². The lowest BCUT2D eigenvalue weighted by molar-refractivity contribution is 0.324. The fraction of sp³-hybridized carbons (Fsp3) is 1.00. The molecule has 0 aromatic rings. The molecule has 3 heteroatoms. The lowest BCUT2D eigenvalue weighted by Crippen LogP contribution is -2.30. The molecule has 0 fully saturated rings. The summed E-state index contributed by atoms with van der Waals surface area (Å²) >= 11 is 1.98. The lowest BCUT2D eigenvalue weighted by Gasteiger charge is -2.19. The molecule has 0 spiro atoms. The summed E-state index contributed by atoms with van der Waals surface area (Å²) < 4.78 is 0. The Morgan fingerprint density at radius 1 is 1.21 bits per heavy atom. The Kier molecular flexibility index (Phi) is 8.73. The molecule has 1 unspecified atom stereocenters. The molecule has 0 radical (unpaired) electrons. The molecule has 1 atom stereocenters. The van der Waals surface area contributed by atoms with Crippen molar-refractivity contribution >= 4 is 11.8 Å². The Bertz CT molecular complexity index is 120. The van der Waals surface area contributed by atoms with Crippen molar-refractivity contribution in [2.24, 2.45) is 11.7 Å². The van der Waals surface area contributed by atoms with Gasteiger partial charge in [-0.25, -0.2) is 0 Å². The smallest absolute Gasteiger partial charge is 0.0153 e. The first-order valence-corrected chi connectivity index (χ1v) is 6.82. The number of nitrogens with two attached hydrogens (primary N) is 1. The van der Waals surface area contributed by atoms with Crippen LogP contribution in [0.4, 0.5) is 0 Å². The second kappa shape index (κ2) is 8.57. The molecule has 0 aliphatic rings. The van der Waals surface area contributed by atoms with E-state index in [9.17, 15) is 0 Å². The average molecular weight is 218 g/mol. The van der Waals surface area contributed by atoms with E-state index in [2.05, 4.69) is 32.6 Å². The molecule has 0 rings (SSSR count). The molecule has 0 aliphatic carbocycles. The van der Waals surface area contributed by atoms with Gasteiger partial charge in [-0.2, -0.15) is 11.8 Å². The molecular formula is C11H26N2S. The second-order valence-corrected chi connectivity index (χ2v) is 5.16. The maximum atomic E-state index is 5.96. The predicted octanol–water partition coefficient (Wildman–Crippen LogP) is 2.04. The van der Waals surface area contributed by atoms with E-state index in [0.29, 0.717) is 12.0 Å². The van der Waals surface area contributed by atoms with E-state index in [0.717, 1.165) is 18.8 Å². The number of thioether (sulfide) groups is 1. The second-order valence-electron chi connectivity index (χ2n) is 4.01. The molecule has 0 bridgehead atoms. The summed E-state index contributed by atoms with van der Waals surface area (Å²) in [6.07, 6.45) is 0. The van der Waals surface area contributed by atoms with Crippen LogP contribution in [0.5, 0.6) is 0 Å². The van der Waals surface area contributed by atoms with Gasteiger partial charge in [0.2, 0.25) is 0 Å². The monoisotopic (exact) mass is 218 g/mol. The number of rotatable bonds is 8. The van der Waals surface area contributed by atoms with E-state index in [1.807, 2.05) is 11.8 Å². The summed E-state index contributed by atoms with van der Waals surface area (Å²) in [5.74, 6) is 2.91. The van der Waals surface area contributed by atoms with Gasteiger partial charge in [0, 0.05) is 24.1 Å². The van der Waals surface area contributed by atoms with Gasteiger partial charge in [0.05, 0.1) is 0 Å². The molecule has 0 heterocycles. The van der Waals surface area contributed by atoms with Crippen molar-refractivity contribution in [3.05, 3.63) is 0 Å². The topological polar surface area (TPSA) is 29.3 Å². The number of hydrogen-bond donors (Lipinski definition) is 1. The van der Waals surface area contributed by atoms with Gasteiger partial charge >= 0.3 is 0 Å². The van der Waals surface area contributed by atoms with E-state index >= 15 is 0 Å². The van der Waals surface area contributed by atoms with Crippen molar-refractivity contribution in [1.29, 1.82) is 0 Å². The van der Waals surface area contributed by atoms with Crippen molar-refractivity contribution in [1.82, 2.24) is 4.90 Å². The highest BCUT2D eigenvalue weighted by atomic mass is 32.2.